The van der Waals surface area contributed by atoms with Gasteiger partial charge in [0.1, 0.15) is 0 Å². The van der Waals surface area contributed by atoms with E-state index in [0.29, 0.717) is 0 Å². The minimum Gasteiger partial charge on any atom is -0.0654 e. The van der Waals surface area contributed by atoms with E-state index in [1.54, 1.807) is 0 Å². The Balaban J connectivity index is 3.05. The molecule has 0 fully saturated rings. The normalized spacial score (nSPS) is 11.1. The molecule has 79 valence electrons. The molecule has 0 rings (SSSR count). The molecule has 0 nitrogen and oxygen atoms in total. The smallest absolute Gasteiger partial charge is 0.0383 e. The first-order valence-electron chi connectivity index (χ1n) is 6.16. The van der Waals surface area contributed by atoms with Gasteiger partial charge in [0.15, 0.2) is 0 Å². The fraction of sp³-hybridized carbons (Fsp3) is 0.923. The van der Waals surface area contributed by atoms with Gasteiger partial charge in [-0.2, -0.15) is 0 Å². The summed E-state index contributed by atoms with van der Waals surface area (Å²) in [7, 11) is 0. The van der Waals surface area contributed by atoms with Crippen LogP contribution in [0.25, 0.3) is 0 Å². The van der Waals surface area contributed by atoms with Gasteiger partial charge < -0.3 is 0 Å². The molecule has 1 radical (unpaired) electrons. The summed E-state index contributed by atoms with van der Waals surface area (Å²) in [5.41, 5.74) is 0. The molecule has 0 saturated carbocycles. The lowest BCUT2D eigenvalue weighted by Crippen LogP contribution is -1.96. The minimum absolute atomic E-state index is 0.950. The summed E-state index contributed by atoms with van der Waals surface area (Å²) >= 11 is 0. The maximum atomic E-state index is 2.51. The van der Waals surface area contributed by atoms with E-state index in [1.807, 2.05) is 0 Å². The Labute approximate surface area is 85.1 Å². The molecule has 13 heavy (non-hydrogen) atoms. The van der Waals surface area contributed by atoms with Crippen LogP contribution in [0.5, 0.6) is 0 Å². The van der Waals surface area contributed by atoms with E-state index < -0.39 is 0 Å². The van der Waals surface area contributed by atoms with Crippen LogP contribution in [0.3, 0.4) is 0 Å². The summed E-state index contributed by atoms with van der Waals surface area (Å²) in [6.45, 7) is 6.88. The molecule has 0 unspecified atom stereocenters. The second-order valence-electron chi connectivity index (χ2n) is 4.06. The van der Waals surface area contributed by atoms with Crippen molar-refractivity contribution in [3.05, 3.63) is 6.42 Å². The Morgan fingerprint density at radius 3 is 2.15 bits per heavy atom. The fourth-order valence-electron chi connectivity index (χ4n) is 1.69. The molecule has 0 aromatic rings. The van der Waals surface area contributed by atoms with Crippen LogP contribution in [0.4, 0.5) is 0 Å². The first-order valence-corrected chi connectivity index (χ1v) is 6.16. The molecule has 0 saturated heterocycles. The van der Waals surface area contributed by atoms with E-state index in [0.717, 1.165) is 5.92 Å². The zero-order valence-corrected chi connectivity index (χ0v) is 9.81. The van der Waals surface area contributed by atoms with Crippen LogP contribution in [0.2, 0.25) is 0 Å². The van der Waals surface area contributed by atoms with E-state index in [4.69, 9.17) is 0 Å². The number of hydrogen-bond donors (Lipinski definition) is 0. The maximum Gasteiger partial charge on any atom is -0.0383 e. The van der Waals surface area contributed by atoms with Crippen LogP contribution in [0.15, 0.2) is 0 Å². The Hall–Kier alpha value is 0. The molecule has 0 aliphatic carbocycles. The van der Waals surface area contributed by atoms with Crippen molar-refractivity contribution in [1.29, 1.82) is 0 Å². The van der Waals surface area contributed by atoms with Crippen LogP contribution < -0.4 is 0 Å². The molecular formula is C13H27. The molecule has 0 atom stereocenters. The van der Waals surface area contributed by atoms with Crippen molar-refractivity contribution in [1.82, 2.24) is 0 Å². The zero-order chi connectivity index (χ0) is 9.94. The highest BCUT2D eigenvalue weighted by Gasteiger charge is 2.02. The van der Waals surface area contributed by atoms with Crippen LogP contribution in [-0.4, -0.2) is 0 Å². The van der Waals surface area contributed by atoms with Gasteiger partial charge in [-0.15, -0.1) is 0 Å². The quantitative estimate of drug-likeness (QED) is 0.442. The van der Waals surface area contributed by atoms with Crippen molar-refractivity contribution in [2.24, 2.45) is 5.92 Å². The Morgan fingerprint density at radius 1 is 0.923 bits per heavy atom. The Morgan fingerprint density at radius 2 is 1.62 bits per heavy atom. The third-order valence-electron chi connectivity index (χ3n) is 2.92. The molecule has 0 bridgehead atoms. The highest BCUT2D eigenvalue weighted by Crippen LogP contribution is 2.16. The Kier molecular flexibility index (Phi) is 10.1. The summed E-state index contributed by atoms with van der Waals surface area (Å²) < 4.78 is 0. The summed E-state index contributed by atoms with van der Waals surface area (Å²) in [5.74, 6) is 0.950. The van der Waals surface area contributed by atoms with Crippen molar-refractivity contribution in [2.45, 2.75) is 72.1 Å². The van der Waals surface area contributed by atoms with Crippen molar-refractivity contribution >= 4 is 0 Å². The predicted molar refractivity (Wildman–Crippen MR) is 61.7 cm³/mol. The van der Waals surface area contributed by atoms with Gasteiger partial charge in [0, 0.05) is 0 Å². The summed E-state index contributed by atoms with van der Waals surface area (Å²) in [6.07, 6.45) is 13.5. The topological polar surface area (TPSA) is 0 Å². The number of unbranched alkanes of at least 4 members (excludes halogenated alkanes) is 5. The molecular weight excluding hydrogens is 156 g/mol. The van der Waals surface area contributed by atoms with E-state index in [-0.39, 0.29) is 0 Å². The molecule has 0 aromatic heterocycles. The zero-order valence-electron chi connectivity index (χ0n) is 9.81. The molecule has 0 heterocycles. The highest BCUT2D eigenvalue weighted by atomic mass is 14.1. The van der Waals surface area contributed by atoms with Crippen LogP contribution >= 0.6 is 0 Å². The number of rotatable bonds is 9. The van der Waals surface area contributed by atoms with Gasteiger partial charge in [-0.05, 0) is 18.8 Å². The average Bonchev–Trinajstić information content (AvgIpc) is 2.17. The second-order valence-corrected chi connectivity index (χ2v) is 4.06. The molecule has 0 aromatic carbocycles. The third-order valence-corrected chi connectivity index (χ3v) is 2.92. The van der Waals surface area contributed by atoms with Gasteiger partial charge in [-0.3, -0.25) is 0 Å². The third kappa shape index (κ3) is 8.33. The SMILES string of the molecule is CCCCCC[CH]CC(CC)CC. The molecule has 0 aliphatic rings. The molecule has 0 heteroatoms. The summed E-state index contributed by atoms with van der Waals surface area (Å²) in [4.78, 5) is 0. The standard InChI is InChI=1S/C13H27/c1-4-7-8-9-10-11-12-13(5-2)6-3/h11,13H,4-10,12H2,1-3H3. The van der Waals surface area contributed by atoms with Gasteiger partial charge in [-0.1, -0.05) is 65.7 Å². The van der Waals surface area contributed by atoms with E-state index >= 15 is 0 Å². The minimum atomic E-state index is 0.950. The molecule has 0 amide bonds. The molecule has 0 aliphatic heterocycles. The lowest BCUT2D eigenvalue weighted by Gasteiger charge is -2.10. The van der Waals surface area contributed by atoms with Gasteiger partial charge >= 0.3 is 0 Å². The van der Waals surface area contributed by atoms with Gasteiger partial charge in [-0.25, -0.2) is 0 Å². The lowest BCUT2D eigenvalue weighted by atomic mass is 9.96. The van der Waals surface area contributed by atoms with E-state index in [9.17, 15) is 0 Å². The average molecular weight is 183 g/mol. The number of hydrogen-bond acceptors (Lipinski definition) is 0. The van der Waals surface area contributed by atoms with E-state index in [1.165, 1.54) is 51.4 Å². The molecule has 0 N–H and O–H groups in total. The second kappa shape index (κ2) is 10.1. The van der Waals surface area contributed by atoms with Crippen molar-refractivity contribution in [2.75, 3.05) is 0 Å². The Bertz CT molecular complexity index is 82.0. The predicted octanol–water partition coefficient (Wildman–Crippen LogP) is 4.99. The lowest BCUT2D eigenvalue weighted by molar-refractivity contribution is 0.475. The highest BCUT2D eigenvalue weighted by molar-refractivity contribution is 4.69. The van der Waals surface area contributed by atoms with Gasteiger partial charge in [0.05, 0.1) is 0 Å². The maximum absolute atomic E-state index is 2.51. The summed E-state index contributed by atoms with van der Waals surface area (Å²) in [6, 6.07) is 0. The first-order chi connectivity index (χ1) is 6.35. The van der Waals surface area contributed by atoms with E-state index in [2.05, 4.69) is 27.2 Å². The van der Waals surface area contributed by atoms with Crippen LogP contribution in [-0.2, 0) is 0 Å². The first kappa shape index (κ1) is 13.0. The molecule has 0 spiro atoms. The van der Waals surface area contributed by atoms with Crippen molar-refractivity contribution < 1.29 is 0 Å². The summed E-state index contributed by atoms with van der Waals surface area (Å²) in [5, 5.41) is 0. The monoisotopic (exact) mass is 183 g/mol. The van der Waals surface area contributed by atoms with Crippen LogP contribution in [0.1, 0.15) is 72.1 Å². The largest absolute Gasteiger partial charge is 0.0654 e. The van der Waals surface area contributed by atoms with Crippen molar-refractivity contribution in [3.63, 3.8) is 0 Å². The van der Waals surface area contributed by atoms with Gasteiger partial charge in [0.25, 0.3) is 0 Å². The fourth-order valence-corrected chi connectivity index (χ4v) is 1.69. The van der Waals surface area contributed by atoms with Crippen LogP contribution in [0, 0.1) is 12.3 Å². The van der Waals surface area contributed by atoms with Gasteiger partial charge in [0.2, 0.25) is 0 Å². The van der Waals surface area contributed by atoms with Crippen molar-refractivity contribution in [3.8, 4) is 0 Å².